The van der Waals surface area contributed by atoms with Crippen molar-refractivity contribution in [1.82, 2.24) is 10.6 Å². The van der Waals surface area contributed by atoms with Gasteiger partial charge >= 0.3 is 11.8 Å². The monoisotopic (exact) mass is 306 g/mol. The minimum absolute atomic E-state index is 0.191. The van der Waals surface area contributed by atoms with Gasteiger partial charge in [-0.05, 0) is 36.2 Å². The van der Waals surface area contributed by atoms with E-state index < -0.39 is 11.8 Å². The SMILES string of the molecule is O=C(NCCc1ccc(Cl)cc1)C(=O)NCc1ccco1. The predicted octanol–water partition coefficient (Wildman–Crippen LogP) is 1.91. The van der Waals surface area contributed by atoms with Gasteiger partial charge in [0.15, 0.2) is 0 Å². The van der Waals surface area contributed by atoms with Gasteiger partial charge in [-0.1, -0.05) is 23.7 Å². The summed E-state index contributed by atoms with van der Waals surface area (Å²) < 4.78 is 5.06. The largest absolute Gasteiger partial charge is 0.467 e. The summed E-state index contributed by atoms with van der Waals surface area (Å²) in [6, 6.07) is 10.8. The quantitative estimate of drug-likeness (QED) is 0.829. The van der Waals surface area contributed by atoms with Crippen molar-refractivity contribution in [2.24, 2.45) is 0 Å². The van der Waals surface area contributed by atoms with Crippen molar-refractivity contribution in [1.29, 1.82) is 0 Å². The van der Waals surface area contributed by atoms with Crippen LogP contribution in [-0.4, -0.2) is 18.4 Å². The van der Waals surface area contributed by atoms with Crippen molar-refractivity contribution in [2.75, 3.05) is 6.54 Å². The Hall–Kier alpha value is -2.27. The molecule has 2 aromatic rings. The van der Waals surface area contributed by atoms with Gasteiger partial charge in [-0.25, -0.2) is 0 Å². The molecule has 2 amide bonds. The molecule has 5 nitrogen and oxygen atoms in total. The van der Waals surface area contributed by atoms with E-state index in [0.29, 0.717) is 23.7 Å². The first kappa shape index (κ1) is 15.1. The van der Waals surface area contributed by atoms with Crippen molar-refractivity contribution < 1.29 is 14.0 Å². The molecule has 2 rings (SSSR count). The van der Waals surface area contributed by atoms with E-state index in [1.54, 1.807) is 24.3 Å². The number of rotatable bonds is 5. The maximum absolute atomic E-state index is 11.6. The fourth-order valence-electron chi connectivity index (χ4n) is 1.71. The highest BCUT2D eigenvalue weighted by Crippen LogP contribution is 2.09. The summed E-state index contributed by atoms with van der Waals surface area (Å²) in [6.07, 6.45) is 2.14. The lowest BCUT2D eigenvalue weighted by molar-refractivity contribution is -0.139. The minimum Gasteiger partial charge on any atom is -0.467 e. The second kappa shape index (κ2) is 7.50. The van der Waals surface area contributed by atoms with E-state index in [0.717, 1.165) is 5.56 Å². The second-order valence-electron chi connectivity index (χ2n) is 4.39. The standard InChI is InChI=1S/C15H15ClN2O3/c16-12-5-3-11(4-6-12)7-8-17-14(19)15(20)18-10-13-2-1-9-21-13/h1-6,9H,7-8,10H2,(H,17,19)(H,18,20). The fourth-order valence-corrected chi connectivity index (χ4v) is 1.84. The zero-order valence-corrected chi connectivity index (χ0v) is 12.0. The Balaban J connectivity index is 1.68. The van der Waals surface area contributed by atoms with Crippen molar-refractivity contribution in [3.8, 4) is 0 Å². The molecule has 0 radical (unpaired) electrons. The fraction of sp³-hybridized carbons (Fsp3) is 0.200. The third-order valence-electron chi connectivity index (χ3n) is 2.82. The molecule has 0 atom stereocenters. The Bertz CT molecular complexity index is 594. The molecular weight excluding hydrogens is 292 g/mol. The molecule has 1 aromatic carbocycles. The summed E-state index contributed by atoms with van der Waals surface area (Å²) in [6.45, 7) is 0.574. The number of furan rings is 1. The Morgan fingerprint density at radius 1 is 1.05 bits per heavy atom. The van der Waals surface area contributed by atoms with Gasteiger partial charge in [0.05, 0.1) is 12.8 Å². The number of benzene rings is 1. The van der Waals surface area contributed by atoms with Crippen molar-refractivity contribution in [3.63, 3.8) is 0 Å². The average molecular weight is 307 g/mol. The molecule has 0 bridgehead atoms. The normalized spacial score (nSPS) is 10.1. The third kappa shape index (κ3) is 4.96. The van der Waals surface area contributed by atoms with Crippen LogP contribution in [0.4, 0.5) is 0 Å². The first-order chi connectivity index (χ1) is 10.1. The lowest BCUT2D eigenvalue weighted by Gasteiger charge is -2.06. The van der Waals surface area contributed by atoms with Crippen LogP contribution in [0.1, 0.15) is 11.3 Å². The molecule has 0 unspecified atom stereocenters. The summed E-state index contributed by atoms with van der Waals surface area (Å²) in [4.78, 5) is 23.1. The topological polar surface area (TPSA) is 71.3 Å². The zero-order valence-electron chi connectivity index (χ0n) is 11.3. The number of hydrogen-bond donors (Lipinski definition) is 2. The summed E-state index contributed by atoms with van der Waals surface area (Å²) in [5.41, 5.74) is 1.04. The smallest absolute Gasteiger partial charge is 0.309 e. The highest BCUT2D eigenvalue weighted by atomic mass is 35.5. The molecule has 0 saturated heterocycles. The van der Waals surface area contributed by atoms with Crippen LogP contribution >= 0.6 is 11.6 Å². The van der Waals surface area contributed by atoms with Gasteiger partial charge < -0.3 is 15.1 Å². The number of amides is 2. The van der Waals surface area contributed by atoms with Crippen LogP contribution in [0.2, 0.25) is 5.02 Å². The molecule has 110 valence electrons. The molecule has 0 aliphatic rings. The van der Waals surface area contributed by atoms with E-state index in [1.807, 2.05) is 12.1 Å². The van der Waals surface area contributed by atoms with Gasteiger partial charge in [0.1, 0.15) is 5.76 Å². The number of hydrogen-bond acceptors (Lipinski definition) is 3. The first-order valence-electron chi connectivity index (χ1n) is 6.48. The van der Waals surface area contributed by atoms with Gasteiger partial charge in [-0.2, -0.15) is 0 Å². The number of carbonyl (C=O) groups excluding carboxylic acids is 2. The molecule has 0 aliphatic heterocycles. The van der Waals surface area contributed by atoms with Crippen LogP contribution in [0.15, 0.2) is 47.1 Å². The van der Waals surface area contributed by atoms with E-state index in [4.69, 9.17) is 16.0 Å². The first-order valence-corrected chi connectivity index (χ1v) is 6.86. The minimum atomic E-state index is -0.678. The molecular formula is C15H15ClN2O3. The van der Waals surface area contributed by atoms with Gasteiger partial charge in [-0.15, -0.1) is 0 Å². The summed E-state index contributed by atoms with van der Waals surface area (Å²) in [5, 5.41) is 5.71. The molecule has 0 aliphatic carbocycles. The summed E-state index contributed by atoms with van der Waals surface area (Å²) in [5.74, 6) is -0.740. The molecule has 6 heteroatoms. The van der Waals surface area contributed by atoms with E-state index in [9.17, 15) is 9.59 Å². The van der Waals surface area contributed by atoms with Gasteiger partial charge in [0.2, 0.25) is 0 Å². The number of halogens is 1. The van der Waals surface area contributed by atoms with E-state index >= 15 is 0 Å². The molecule has 0 spiro atoms. The van der Waals surface area contributed by atoms with Crippen LogP contribution in [0.5, 0.6) is 0 Å². The van der Waals surface area contributed by atoms with Crippen molar-refractivity contribution in [2.45, 2.75) is 13.0 Å². The van der Waals surface area contributed by atoms with E-state index in [2.05, 4.69) is 10.6 Å². The van der Waals surface area contributed by atoms with Gasteiger partial charge in [-0.3, -0.25) is 9.59 Å². The third-order valence-corrected chi connectivity index (χ3v) is 3.07. The van der Waals surface area contributed by atoms with Crippen LogP contribution in [-0.2, 0) is 22.6 Å². The Labute approximate surface area is 127 Å². The summed E-state index contributed by atoms with van der Waals surface area (Å²) in [7, 11) is 0. The number of nitrogens with one attached hydrogen (secondary N) is 2. The molecule has 0 fully saturated rings. The average Bonchev–Trinajstić information content (AvgIpc) is 3.00. The second-order valence-corrected chi connectivity index (χ2v) is 4.83. The van der Waals surface area contributed by atoms with Crippen LogP contribution in [0, 0.1) is 0 Å². The zero-order chi connectivity index (χ0) is 15.1. The van der Waals surface area contributed by atoms with Crippen LogP contribution < -0.4 is 10.6 Å². The predicted molar refractivity (Wildman–Crippen MR) is 78.7 cm³/mol. The van der Waals surface area contributed by atoms with Crippen molar-refractivity contribution >= 4 is 23.4 Å². The Morgan fingerprint density at radius 3 is 2.43 bits per heavy atom. The molecule has 21 heavy (non-hydrogen) atoms. The Kier molecular flexibility index (Phi) is 5.40. The van der Waals surface area contributed by atoms with Gasteiger partial charge in [0.25, 0.3) is 0 Å². The molecule has 2 N–H and O–H groups in total. The Morgan fingerprint density at radius 2 is 1.76 bits per heavy atom. The van der Waals surface area contributed by atoms with E-state index in [1.165, 1.54) is 6.26 Å². The number of carbonyl (C=O) groups is 2. The van der Waals surface area contributed by atoms with Gasteiger partial charge in [0, 0.05) is 11.6 Å². The highest BCUT2D eigenvalue weighted by molar-refractivity contribution is 6.35. The summed E-state index contributed by atoms with van der Waals surface area (Å²) >= 11 is 5.78. The molecule has 0 saturated carbocycles. The van der Waals surface area contributed by atoms with Crippen molar-refractivity contribution in [3.05, 3.63) is 59.0 Å². The van der Waals surface area contributed by atoms with Crippen LogP contribution in [0.25, 0.3) is 0 Å². The lowest BCUT2D eigenvalue weighted by atomic mass is 10.1. The maximum atomic E-state index is 11.6. The molecule has 1 heterocycles. The maximum Gasteiger partial charge on any atom is 0.309 e. The van der Waals surface area contributed by atoms with Crippen LogP contribution in [0.3, 0.4) is 0 Å². The highest BCUT2D eigenvalue weighted by Gasteiger charge is 2.12. The van der Waals surface area contributed by atoms with E-state index in [-0.39, 0.29) is 6.54 Å². The molecule has 1 aromatic heterocycles. The lowest BCUT2D eigenvalue weighted by Crippen LogP contribution is -2.40.